The lowest BCUT2D eigenvalue weighted by Crippen LogP contribution is -2.57. The quantitative estimate of drug-likeness (QED) is 0.295. The number of carbonyl (C=O) groups excluding carboxylic acids is 3. The number of piperidine rings is 1. The number of carbonyl (C=O) groups is 3. The average molecular weight is 511 g/mol. The van der Waals surface area contributed by atoms with Crippen LogP contribution in [0.4, 0.5) is 9.80 Å². The van der Waals surface area contributed by atoms with Gasteiger partial charge in [0.25, 0.3) is 5.91 Å². The maximum Gasteiger partial charge on any atom is 0.319 e. The second-order valence-corrected chi connectivity index (χ2v) is 9.71. The van der Waals surface area contributed by atoms with Crippen molar-refractivity contribution in [2.45, 2.75) is 32.0 Å². The second-order valence-electron chi connectivity index (χ2n) is 8.66. The zero-order valence-electron chi connectivity index (χ0n) is 19.6. The van der Waals surface area contributed by atoms with Crippen molar-refractivity contribution in [3.05, 3.63) is 41.7 Å². The number of amidine groups is 1. The highest BCUT2D eigenvalue weighted by molar-refractivity contribution is 7.23. The monoisotopic (exact) mass is 510 g/mol. The summed E-state index contributed by atoms with van der Waals surface area (Å²) < 4.78 is 2.33. The summed E-state index contributed by atoms with van der Waals surface area (Å²) >= 11 is 1.32. The molecule has 1 aromatic carbocycles. The van der Waals surface area contributed by atoms with E-state index in [9.17, 15) is 19.5 Å². The molecule has 1 saturated heterocycles. The number of anilines is 1. The SMILES string of the molecule is CCNC(=O)Nc1sc2ccccc2c1C(=O)C1CNCCC12N=C(Cn1cc(CO)nn1)NC2=O. The lowest BCUT2D eigenvalue weighted by Gasteiger charge is -2.36. The van der Waals surface area contributed by atoms with E-state index in [1.807, 2.05) is 31.2 Å². The van der Waals surface area contributed by atoms with Crippen LogP contribution in [0.25, 0.3) is 10.1 Å². The Labute approximate surface area is 210 Å². The first-order valence-corrected chi connectivity index (χ1v) is 12.5. The Morgan fingerprint density at radius 2 is 2.17 bits per heavy atom. The number of thiophene rings is 1. The highest BCUT2D eigenvalue weighted by Gasteiger charge is 2.54. The Kier molecular flexibility index (Phi) is 6.51. The lowest BCUT2D eigenvalue weighted by molar-refractivity contribution is -0.125. The smallest absolute Gasteiger partial charge is 0.319 e. The minimum absolute atomic E-state index is 0.153. The molecule has 4 heterocycles. The molecule has 12 nitrogen and oxygen atoms in total. The van der Waals surface area contributed by atoms with Gasteiger partial charge in [0.05, 0.1) is 24.3 Å². The molecule has 0 saturated carbocycles. The van der Waals surface area contributed by atoms with Gasteiger partial charge in [0.15, 0.2) is 11.3 Å². The summed E-state index contributed by atoms with van der Waals surface area (Å²) in [6.07, 6.45) is 1.92. The standard InChI is InChI=1S/C23H26N8O4S/c1-2-25-22(35)27-20-18(14-5-3-4-6-16(14)36-20)19(33)15-9-24-8-7-23(15)21(34)26-17(28-23)11-31-10-13(12-32)29-30-31/h3-6,10,15,24,32H,2,7-9,11-12H2,1H3,(H2,25,27,35)(H,26,28,34). The molecule has 2 unspecified atom stereocenters. The van der Waals surface area contributed by atoms with E-state index >= 15 is 0 Å². The third-order valence-electron chi connectivity index (χ3n) is 6.38. The van der Waals surface area contributed by atoms with Gasteiger partial charge >= 0.3 is 6.03 Å². The summed E-state index contributed by atoms with van der Waals surface area (Å²) in [5.41, 5.74) is -0.486. The molecule has 3 aromatic rings. The predicted molar refractivity (Wildman–Crippen MR) is 134 cm³/mol. The van der Waals surface area contributed by atoms with Crippen molar-refractivity contribution in [1.29, 1.82) is 0 Å². The number of aliphatic imine (C=N–C) groups is 1. The number of nitrogens with one attached hydrogen (secondary N) is 4. The number of benzene rings is 1. The molecule has 5 N–H and O–H groups in total. The molecule has 36 heavy (non-hydrogen) atoms. The fraction of sp³-hybridized carbons (Fsp3) is 0.391. The van der Waals surface area contributed by atoms with Gasteiger partial charge in [-0.05, 0) is 26.0 Å². The normalized spacial score (nSPS) is 21.4. The molecule has 0 bridgehead atoms. The lowest BCUT2D eigenvalue weighted by atomic mass is 9.74. The summed E-state index contributed by atoms with van der Waals surface area (Å²) in [4.78, 5) is 44.6. The molecule has 3 amide bonds. The number of aromatic nitrogens is 3. The summed E-state index contributed by atoms with van der Waals surface area (Å²) in [6.45, 7) is 2.96. The molecule has 2 aliphatic rings. The van der Waals surface area contributed by atoms with Crippen molar-refractivity contribution >= 4 is 50.0 Å². The van der Waals surface area contributed by atoms with Gasteiger partial charge < -0.3 is 21.1 Å². The van der Waals surface area contributed by atoms with Crippen LogP contribution in [0.2, 0.25) is 0 Å². The van der Waals surface area contributed by atoms with Crippen LogP contribution in [0.3, 0.4) is 0 Å². The number of hydrogen-bond acceptors (Lipinski definition) is 9. The molecular weight excluding hydrogens is 484 g/mol. The highest BCUT2D eigenvalue weighted by Crippen LogP contribution is 2.41. The Morgan fingerprint density at radius 1 is 1.33 bits per heavy atom. The highest BCUT2D eigenvalue weighted by atomic mass is 32.1. The number of urea groups is 1. The van der Waals surface area contributed by atoms with Gasteiger partial charge in [-0.3, -0.25) is 19.9 Å². The number of aliphatic hydroxyl groups excluding tert-OH is 1. The van der Waals surface area contributed by atoms with Gasteiger partial charge in [0.1, 0.15) is 23.1 Å². The van der Waals surface area contributed by atoms with E-state index in [0.717, 1.165) is 10.1 Å². The maximum atomic E-state index is 14.1. The minimum atomic E-state index is -1.27. The average Bonchev–Trinajstić information content (AvgIpc) is 3.55. The van der Waals surface area contributed by atoms with Crippen molar-refractivity contribution in [3.63, 3.8) is 0 Å². The number of Topliss-reactive ketones (excluding diaryl/α,β-unsaturated/α-hetero) is 1. The van der Waals surface area contributed by atoms with Gasteiger partial charge in [-0.2, -0.15) is 0 Å². The van der Waals surface area contributed by atoms with Crippen LogP contribution in [0, 0.1) is 5.92 Å². The Morgan fingerprint density at radius 3 is 2.94 bits per heavy atom. The third-order valence-corrected chi connectivity index (χ3v) is 7.46. The fourth-order valence-electron chi connectivity index (χ4n) is 4.72. The molecule has 0 radical (unpaired) electrons. The van der Waals surface area contributed by atoms with E-state index in [2.05, 4.69) is 31.6 Å². The van der Waals surface area contributed by atoms with Gasteiger partial charge in [-0.15, -0.1) is 16.4 Å². The van der Waals surface area contributed by atoms with Crippen molar-refractivity contribution in [3.8, 4) is 0 Å². The van der Waals surface area contributed by atoms with E-state index in [4.69, 9.17) is 4.99 Å². The van der Waals surface area contributed by atoms with Gasteiger partial charge in [0.2, 0.25) is 0 Å². The summed E-state index contributed by atoms with van der Waals surface area (Å²) in [5.74, 6) is -0.988. The van der Waals surface area contributed by atoms with E-state index in [0.29, 0.717) is 41.6 Å². The molecule has 5 rings (SSSR count). The van der Waals surface area contributed by atoms with Crippen LogP contribution >= 0.6 is 11.3 Å². The van der Waals surface area contributed by atoms with Gasteiger partial charge in [-0.25, -0.2) is 9.48 Å². The Hall–Kier alpha value is -3.68. The Bertz CT molecular complexity index is 1370. The zero-order valence-corrected chi connectivity index (χ0v) is 20.4. The van der Waals surface area contributed by atoms with Crippen LogP contribution in [0.5, 0.6) is 0 Å². The molecule has 1 fully saturated rings. The summed E-state index contributed by atoms with van der Waals surface area (Å²) in [6, 6.07) is 7.06. The number of nitrogens with zero attached hydrogens (tertiary/aromatic N) is 4. The second kappa shape index (κ2) is 9.76. The molecule has 1 spiro atoms. The van der Waals surface area contributed by atoms with E-state index in [-0.39, 0.29) is 31.4 Å². The summed E-state index contributed by atoms with van der Waals surface area (Å²) in [7, 11) is 0. The van der Waals surface area contributed by atoms with Crippen molar-refractivity contribution in [1.82, 2.24) is 30.9 Å². The predicted octanol–water partition coefficient (Wildman–Crippen LogP) is 0.886. The number of ketones is 1. The Balaban J connectivity index is 1.51. The number of aliphatic hydroxyl groups is 1. The fourth-order valence-corrected chi connectivity index (χ4v) is 5.82. The number of rotatable bonds is 7. The van der Waals surface area contributed by atoms with Crippen LogP contribution in [-0.2, 0) is 17.9 Å². The first-order chi connectivity index (χ1) is 17.4. The third kappa shape index (κ3) is 4.25. The van der Waals surface area contributed by atoms with Crippen LogP contribution in [0.15, 0.2) is 35.5 Å². The molecule has 2 aliphatic heterocycles. The number of fused-ring (bicyclic) bond motifs is 1. The molecule has 188 valence electrons. The van der Waals surface area contributed by atoms with E-state index in [1.165, 1.54) is 16.0 Å². The van der Waals surface area contributed by atoms with E-state index in [1.54, 1.807) is 6.20 Å². The largest absolute Gasteiger partial charge is 0.390 e. The van der Waals surface area contributed by atoms with Crippen LogP contribution < -0.4 is 21.3 Å². The molecule has 2 aromatic heterocycles. The molecular formula is C23H26N8O4S. The first-order valence-electron chi connectivity index (χ1n) is 11.7. The first kappa shape index (κ1) is 24.0. The van der Waals surface area contributed by atoms with Crippen LogP contribution in [0.1, 0.15) is 29.4 Å². The minimum Gasteiger partial charge on any atom is -0.390 e. The number of amides is 3. The van der Waals surface area contributed by atoms with Crippen molar-refractivity contribution in [2.75, 3.05) is 25.0 Å². The summed E-state index contributed by atoms with van der Waals surface area (Å²) in [5, 5.41) is 29.7. The van der Waals surface area contributed by atoms with E-state index < -0.39 is 17.5 Å². The van der Waals surface area contributed by atoms with Gasteiger partial charge in [-0.1, -0.05) is 23.4 Å². The van der Waals surface area contributed by atoms with Crippen molar-refractivity contribution < 1.29 is 19.5 Å². The van der Waals surface area contributed by atoms with Gasteiger partial charge in [0, 0.05) is 23.2 Å². The zero-order chi connectivity index (χ0) is 25.3. The van der Waals surface area contributed by atoms with Crippen LogP contribution in [-0.4, -0.2) is 68.8 Å². The van der Waals surface area contributed by atoms with Crippen molar-refractivity contribution in [2.24, 2.45) is 10.9 Å². The maximum absolute atomic E-state index is 14.1. The topological polar surface area (TPSA) is 163 Å². The molecule has 0 aliphatic carbocycles. The molecule has 2 atom stereocenters. The molecule has 13 heteroatoms. The number of hydrogen-bond donors (Lipinski definition) is 5.